The number of hydrogen-bond acceptors (Lipinski definition) is 6. The number of benzene rings is 1. The Morgan fingerprint density at radius 1 is 1.65 bits per heavy atom. The van der Waals surface area contributed by atoms with E-state index in [0.717, 1.165) is 11.1 Å². The summed E-state index contributed by atoms with van der Waals surface area (Å²) < 4.78 is 6.76. The Kier molecular flexibility index (Phi) is 5.20. The zero-order valence-electron chi connectivity index (χ0n) is 12.2. The van der Waals surface area contributed by atoms with E-state index in [1.165, 1.54) is 17.1 Å². The molecule has 0 saturated carbocycles. The van der Waals surface area contributed by atoms with Crippen molar-refractivity contribution in [1.82, 2.24) is 15.2 Å². The average Bonchev–Trinajstić information content (AvgIpc) is 2.96. The number of thiocarbonyl (C=S) groups is 1. The maximum Gasteiger partial charge on any atom is 0.307 e. The summed E-state index contributed by atoms with van der Waals surface area (Å²) in [5.41, 5.74) is 9.26. The number of aromatic nitrogens is 2. The molecular weight excluding hydrogens is 320 g/mol. The molecule has 0 amide bonds. The van der Waals surface area contributed by atoms with Crippen LogP contribution in [-0.4, -0.2) is 33.1 Å². The minimum absolute atomic E-state index is 0.0673. The Balaban J connectivity index is 2.22. The summed E-state index contributed by atoms with van der Waals surface area (Å²) >= 11 is 4.65. The van der Waals surface area contributed by atoms with Gasteiger partial charge >= 0.3 is 5.69 Å². The van der Waals surface area contributed by atoms with Gasteiger partial charge in [-0.05, 0) is 36.0 Å². The smallest absolute Gasteiger partial charge is 0.307 e. The number of nitrogens with zero attached hydrogens (tertiary/aromatic N) is 4. The standard InChI is InChI=1S/C13H14N6O3S/c1-22-12-3-2-9(5-15-17-13(14)23)4-10(12)7-18-8-11(6-16-18)19(20)21/h2-6,8H,7H2,1H3,(H3,14,17,23). The molecule has 0 unspecified atom stereocenters. The van der Waals surface area contributed by atoms with Crippen molar-refractivity contribution in [2.45, 2.75) is 6.54 Å². The van der Waals surface area contributed by atoms with Crippen molar-refractivity contribution in [1.29, 1.82) is 0 Å². The molecule has 1 aromatic heterocycles. The lowest BCUT2D eigenvalue weighted by atomic mass is 10.1. The molecule has 0 aliphatic carbocycles. The number of hydrazone groups is 1. The molecule has 0 atom stereocenters. The van der Waals surface area contributed by atoms with Crippen molar-refractivity contribution in [3.8, 4) is 5.75 Å². The molecule has 2 rings (SSSR count). The van der Waals surface area contributed by atoms with Crippen LogP contribution in [0.15, 0.2) is 35.7 Å². The summed E-state index contributed by atoms with van der Waals surface area (Å²) in [5, 5.41) is 18.6. The van der Waals surface area contributed by atoms with Crippen molar-refractivity contribution in [3.05, 3.63) is 51.8 Å². The number of nitrogens with two attached hydrogens (primary N) is 1. The highest BCUT2D eigenvalue weighted by molar-refractivity contribution is 7.80. The van der Waals surface area contributed by atoms with E-state index < -0.39 is 4.92 Å². The van der Waals surface area contributed by atoms with E-state index in [-0.39, 0.29) is 10.8 Å². The fourth-order valence-corrected chi connectivity index (χ4v) is 1.93. The molecule has 10 heteroatoms. The van der Waals surface area contributed by atoms with Crippen LogP contribution >= 0.6 is 12.2 Å². The van der Waals surface area contributed by atoms with Crippen molar-refractivity contribution in [2.75, 3.05) is 7.11 Å². The zero-order valence-corrected chi connectivity index (χ0v) is 13.0. The van der Waals surface area contributed by atoms with E-state index in [1.54, 1.807) is 25.5 Å². The first-order valence-electron chi connectivity index (χ1n) is 6.42. The van der Waals surface area contributed by atoms with Crippen LogP contribution in [-0.2, 0) is 6.54 Å². The number of hydrogen-bond donors (Lipinski definition) is 2. The van der Waals surface area contributed by atoms with Gasteiger partial charge < -0.3 is 10.5 Å². The van der Waals surface area contributed by atoms with E-state index in [2.05, 4.69) is 27.8 Å². The molecule has 0 aliphatic heterocycles. The van der Waals surface area contributed by atoms with Crippen LogP contribution in [0.4, 0.5) is 5.69 Å². The number of nitro groups is 1. The third kappa shape index (κ3) is 4.48. The minimum Gasteiger partial charge on any atom is -0.496 e. The highest BCUT2D eigenvalue weighted by atomic mass is 32.1. The third-order valence-electron chi connectivity index (χ3n) is 2.86. The van der Waals surface area contributed by atoms with E-state index in [9.17, 15) is 10.1 Å². The molecule has 0 fully saturated rings. The van der Waals surface area contributed by atoms with Crippen LogP contribution in [0.1, 0.15) is 11.1 Å². The predicted molar refractivity (Wildman–Crippen MR) is 88.5 cm³/mol. The lowest BCUT2D eigenvalue weighted by molar-refractivity contribution is -0.385. The number of methoxy groups -OCH3 is 1. The van der Waals surface area contributed by atoms with E-state index in [4.69, 9.17) is 10.5 Å². The van der Waals surface area contributed by atoms with Gasteiger partial charge in [0.25, 0.3) is 0 Å². The van der Waals surface area contributed by atoms with Gasteiger partial charge in [0.2, 0.25) is 0 Å². The second-order valence-corrected chi connectivity index (χ2v) is 4.90. The lowest BCUT2D eigenvalue weighted by Gasteiger charge is -2.09. The molecule has 0 spiro atoms. The number of nitrogens with one attached hydrogen (secondary N) is 1. The Hall–Kier alpha value is -3.01. The lowest BCUT2D eigenvalue weighted by Crippen LogP contribution is -2.24. The average molecular weight is 334 g/mol. The molecule has 1 heterocycles. The first-order chi connectivity index (χ1) is 11.0. The van der Waals surface area contributed by atoms with Gasteiger partial charge in [-0.25, -0.2) is 0 Å². The quantitative estimate of drug-likeness (QED) is 0.350. The molecule has 0 aliphatic rings. The van der Waals surface area contributed by atoms with Gasteiger partial charge in [-0.2, -0.15) is 10.2 Å². The van der Waals surface area contributed by atoms with Gasteiger partial charge in [0.15, 0.2) is 5.11 Å². The summed E-state index contributed by atoms with van der Waals surface area (Å²) in [6, 6.07) is 5.41. The summed E-state index contributed by atoms with van der Waals surface area (Å²) in [6.45, 7) is 0.321. The maximum atomic E-state index is 10.7. The largest absolute Gasteiger partial charge is 0.496 e. The van der Waals surface area contributed by atoms with Gasteiger partial charge in [0.1, 0.15) is 18.1 Å². The third-order valence-corrected chi connectivity index (χ3v) is 2.95. The Morgan fingerprint density at radius 2 is 2.43 bits per heavy atom. The Morgan fingerprint density at radius 3 is 3.04 bits per heavy atom. The SMILES string of the molecule is COc1ccc(C=NNC(N)=S)cc1Cn1cc([N+](=O)[O-])cn1. The second-order valence-electron chi connectivity index (χ2n) is 4.46. The Labute approximate surface area is 136 Å². The fourth-order valence-electron chi connectivity index (χ4n) is 1.88. The first-order valence-corrected chi connectivity index (χ1v) is 6.82. The molecule has 120 valence electrons. The summed E-state index contributed by atoms with van der Waals surface area (Å²) in [7, 11) is 1.55. The van der Waals surface area contributed by atoms with Crippen LogP contribution < -0.4 is 15.9 Å². The molecule has 1 aromatic carbocycles. The van der Waals surface area contributed by atoms with Crippen molar-refractivity contribution >= 4 is 29.2 Å². The van der Waals surface area contributed by atoms with Crippen molar-refractivity contribution in [3.63, 3.8) is 0 Å². The number of rotatable bonds is 6. The van der Waals surface area contributed by atoms with Gasteiger partial charge in [0.05, 0.1) is 24.8 Å². The van der Waals surface area contributed by atoms with E-state index in [1.807, 2.05) is 6.07 Å². The first kappa shape index (κ1) is 16.4. The van der Waals surface area contributed by atoms with Crippen LogP contribution in [0.5, 0.6) is 5.75 Å². The predicted octanol–water partition coefficient (Wildman–Crippen LogP) is 1.02. The van der Waals surface area contributed by atoms with E-state index in [0.29, 0.717) is 12.3 Å². The highest BCUT2D eigenvalue weighted by Gasteiger charge is 2.11. The molecule has 0 saturated heterocycles. The molecular formula is C13H14N6O3S. The normalized spacial score (nSPS) is 10.7. The van der Waals surface area contributed by atoms with Crippen molar-refractivity contribution in [2.24, 2.45) is 10.8 Å². The van der Waals surface area contributed by atoms with Crippen LogP contribution in [0, 0.1) is 10.1 Å². The summed E-state index contributed by atoms with van der Waals surface area (Å²) in [6.07, 6.45) is 4.10. The summed E-state index contributed by atoms with van der Waals surface area (Å²) in [5.74, 6) is 0.641. The highest BCUT2D eigenvalue weighted by Crippen LogP contribution is 2.21. The molecule has 0 radical (unpaired) electrons. The van der Waals surface area contributed by atoms with Gasteiger partial charge in [-0.15, -0.1) is 0 Å². The van der Waals surface area contributed by atoms with Gasteiger partial charge in [-0.1, -0.05) is 0 Å². The molecule has 23 heavy (non-hydrogen) atoms. The minimum atomic E-state index is -0.495. The summed E-state index contributed by atoms with van der Waals surface area (Å²) in [4.78, 5) is 10.2. The van der Waals surface area contributed by atoms with Crippen LogP contribution in [0.2, 0.25) is 0 Å². The van der Waals surface area contributed by atoms with Gasteiger partial charge in [-0.3, -0.25) is 20.2 Å². The second kappa shape index (κ2) is 7.31. The monoisotopic (exact) mass is 334 g/mol. The molecule has 9 nitrogen and oxygen atoms in total. The maximum absolute atomic E-state index is 10.7. The van der Waals surface area contributed by atoms with Crippen molar-refractivity contribution < 1.29 is 9.66 Å². The van der Waals surface area contributed by atoms with Crippen LogP contribution in [0.3, 0.4) is 0 Å². The van der Waals surface area contributed by atoms with Crippen LogP contribution in [0.25, 0.3) is 0 Å². The Bertz CT molecular complexity index is 758. The fraction of sp³-hybridized carbons (Fsp3) is 0.154. The molecule has 3 N–H and O–H groups in total. The van der Waals surface area contributed by atoms with Gasteiger partial charge in [0, 0.05) is 5.56 Å². The van der Waals surface area contributed by atoms with E-state index >= 15 is 0 Å². The molecule has 0 bridgehead atoms. The topological polar surface area (TPSA) is 121 Å². The molecule has 2 aromatic rings. The number of ether oxygens (including phenoxy) is 1. The zero-order chi connectivity index (χ0) is 16.8.